The zero-order valence-electron chi connectivity index (χ0n) is 12.0. The van der Waals surface area contributed by atoms with Gasteiger partial charge in [-0.05, 0) is 37.3 Å². The van der Waals surface area contributed by atoms with Crippen molar-refractivity contribution >= 4 is 10.9 Å². The van der Waals surface area contributed by atoms with Crippen LogP contribution in [0.15, 0.2) is 65.5 Å². The fraction of sp³-hybridized carbons (Fsp3) is 0.0556. The van der Waals surface area contributed by atoms with Crippen LogP contribution in [0.4, 0.5) is 0 Å². The predicted molar refractivity (Wildman–Crippen MR) is 85.2 cm³/mol. The average Bonchev–Trinajstić information content (AvgIpc) is 3.04. The third-order valence-corrected chi connectivity index (χ3v) is 3.56. The van der Waals surface area contributed by atoms with Crippen LogP contribution in [0.3, 0.4) is 0 Å². The lowest BCUT2D eigenvalue weighted by molar-refractivity contribution is 0.570. The summed E-state index contributed by atoms with van der Waals surface area (Å²) in [5.41, 5.74) is 4.49. The van der Waals surface area contributed by atoms with Crippen molar-refractivity contribution in [3.05, 3.63) is 66.8 Å². The minimum atomic E-state index is 0.687. The van der Waals surface area contributed by atoms with E-state index < -0.39 is 0 Å². The minimum Gasteiger partial charge on any atom is -0.441 e. The first-order chi connectivity index (χ1) is 10.8. The molecule has 4 aromatic rings. The molecule has 0 radical (unpaired) electrons. The first-order valence-electron chi connectivity index (χ1n) is 7.04. The van der Waals surface area contributed by atoms with Crippen molar-refractivity contribution in [2.45, 2.75) is 6.92 Å². The van der Waals surface area contributed by atoms with Crippen molar-refractivity contribution in [2.75, 3.05) is 0 Å². The number of nitrogens with zero attached hydrogens (tertiary/aromatic N) is 3. The summed E-state index contributed by atoms with van der Waals surface area (Å²) < 4.78 is 5.58. The van der Waals surface area contributed by atoms with Gasteiger partial charge in [0.25, 0.3) is 0 Å². The van der Waals surface area contributed by atoms with Crippen molar-refractivity contribution in [1.82, 2.24) is 15.0 Å². The van der Waals surface area contributed by atoms with Crippen molar-refractivity contribution < 1.29 is 4.42 Å². The highest BCUT2D eigenvalue weighted by molar-refractivity contribution is 5.86. The first kappa shape index (κ1) is 12.7. The number of fused-ring (bicyclic) bond motifs is 1. The molecule has 0 spiro atoms. The van der Waals surface area contributed by atoms with E-state index in [0.29, 0.717) is 5.76 Å². The molecular formula is C18H13N3O. The third kappa shape index (κ3) is 2.15. The topological polar surface area (TPSA) is 51.8 Å². The maximum absolute atomic E-state index is 5.58. The van der Waals surface area contributed by atoms with Crippen LogP contribution >= 0.6 is 0 Å². The molecule has 0 fully saturated rings. The van der Waals surface area contributed by atoms with E-state index in [1.807, 2.05) is 49.4 Å². The molecule has 0 aliphatic rings. The number of aryl methyl sites for hydroxylation is 1. The monoisotopic (exact) mass is 287 g/mol. The molecule has 4 rings (SSSR count). The second-order valence-electron chi connectivity index (χ2n) is 5.11. The molecule has 0 aliphatic heterocycles. The summed E-state index contributed by atoms with van der Waals surface area (Å²) in [6.45, 7) is 1.96. The highest BCUT2D eigenvalue weighted by Crippen LogP contribution is 2.31. The van der Waals surface area contributed by atoms with Gasteiger partial charge in [-0.3, -0.25) is 4.98 Å². The molecule has 0 aliphatic carbocycles. The molecule has 1 aromatic carbocycles. The van der Waals surface area contributed by atoms with Gasteiger partial charge in [0.2, 0.25) is 0 Å². The smallest absolute Gasteiger partial charge is 0.182 e. The summed E-state index contributed by atoms with van der Waals surface area (Å²) in [6, 6.07) is 15.9. The normalized spacial score (nSPS) is 11.0. The predicted octanol–water partition coefficient (Wildman–Crippen LogP) is 4.26. The first-order valence-corrected chi connectivity index (χ1v) is 7.04. The number of aromatic nitrogens is 3. The maximum atomic E-state index is 5.58. The number of hydrogen-bond donors (Lipinski definition) is 0. The Kier molecular flexibility index (Phi) is 2.93. The van der Waals surface area contributed by atoms with Gasteiger partial charge >= 0.3 is 0 Å². The molecule has 0 saturated heterocycles. The van der Waals surface area contributed by atoms with E-state index in [4.69, 9.17) is 4.42 Å². The van der Waals surface area contributed by atoms with Gasteiger partial charge in [0.1, 0.15) is 11.4 Å². The van der Waals surface area contributed by atoms with Crippen molar-refractivity contribution in [3.63, 3.8) is 0 Å². The van der Waals surface area contributed by atoms with Crippen LogP contribution in [-0.4, -0.2) is 15.0 Å². The summed E-state index contributed by atoms with van der Waals surface area (Å²) >= 11 is 0. The summed E-state index contributed by atoms with van der Waals surface area (Å²) in [5, 5.41) is 1.08. The lowest BCUT2D eigenvalue weighted by Gasteiger charge is -2.03. The van der Waals surface area contributed by atoms with Gasteiger partial charge in [0.05, 0.1) is 5.52 Å². The highest BCUT2D eigenvalue weighted by atomic mass is 16.3. The van der Waals surface area contributed by atoms with Crippen LogP contribution in [-0.2, 0) is 0 Å². The Morgan fingerprint density at radius 2 is 1.91 bits per heavy atom. The molecular weight excluding hydrogens is 274 g/mol. The standard InChI is InChI=1S/C18H13N3O/c1-12-4-2-6-16(21-12)18-17(20-11-22-18)14-7-8-15-13(10-14)5-3-9-19-15/h2-11H,1H3. The Morgan fingerprint density at radius 3 is 2.82 bits per heavy atom. The minimum absolute atomic E-state index is 0.687. The summed E-state index contributed by atoms with van der Waals surface area (Å²) in [7, 11) is 0. The van der Waals surface area contributed by atoms with Crippen LogP contribution in [0.5, 0.6) is 0 Å². The van der Waals surface area contributed by atoms with E-state index in [9.17, 15) is 0 Å². The molecule has 0 unspecified atom stereocenters. The van der Waals surface area contributed by atoms with Crippen LogP contribution in [0.2, 0.25) is 0 Å². The zero-order chi connectivity index (χ0) is 14.9. The Labute approximate surface area is 127 Å². The Morgan fingerprint density at radius 1 is 0.955 bits per heavy atom. The lowest BCUT2D eigenvalue weighted by Crippen LogP contribution is -1.88. The highest BCUT2D eigenvalue weighted by Gasteiger charge is 2.14. The number of hydrogen-bond acceptors (Lipinski definition) is 4. The van der Waals surface area contributed by atoms with E-state index in [-0.39, 0.29) is 0 Å². The van der Waals surface area contributed by atoms with Gasteiger partial charge in [-0.1, -0.05) is 18.2 Å². The molecule has 106 valence electrons. The van der Waals surface area contributed by atoms with E-state index in [1.165, 1.54) is 6.39 Å². The Bertz CT molecular complexity index is 959. The fourth-order valence-corrected chi connectivity index (χ4v) is 2.53. The van der Waals surface area contributed by atoms with Gasteiger partial charge in [0, 0.05) is 22.8 Å². The maximum Gasteiger partial charge on any atom is 0.182 e. The fourth-order valence-electron chi connectivity index (χ4n) is 2.53. The van der Waals surface area contributed by atoms with Crippen LogP contribution in [0, 0.1) is 6.92 Å². The molecule has 0 atom stereocenters. The van der Waals surface area contributed by atoms with Gasteiger partial charge in [0.15, 0.2) is 12.2 Å². The van der Waals surface area contributed by atoms with Gasteiger partial charge in [-0.15, -0.1) is 0 Å². The third-order valence-electron chi connectivity index (χ3n) is 3.56. The molecule has 3 heterocycles. The number of benzene rings is 1. The van der Waals surface area contributed by atoms with Crippen LogP contribution < -0.4 is 0 Å². The molecule has 22 heavy (non-hydrogen) atoms. The molecule has 4 nitrogen and oxygen atoms in total. The second kappa shape index (κ2) is 5.07. The molecule has 3 aromatic heterocycles. The molecule has 0 saturated carbocycles. The summed E-state index contributed by atoms with van der Waals surface area (Å²) in [6.07, 6.45) is 3.25. The number of oxazole rings is 1. The number of rotatable bonds is 2. The average molecular weight is 287 g/mol. The summed E-state index contributed by atoms with van der Waals surface area (Å²) in [5.74, 6) is 0.687. The van der Waals surface area contributed by atoms with E-state index in [1.54, 1.807) is 6.20 Å². The van der Waals surface area contributed by atoms with Crippen molar-refractivity contribution in [3.8, 4) is 22.7 Å². The van der Waals surface area contributed by atoms with Gasteiger partial charge < -0.3 is 4.42 Å². The van der Waals surface area contributed by atoms with E-state index in [0.717, 1.165) is 33.5 Å². The van der Waals surface area contributed by atoms with Crippen molar-refractivity contribution in [2.24, 2.45) is 0 Å². The molecule has 0 amide bonds. The van der Waals surface area contributed by atoms with Crippen molar-refractivity contribution in [1.29, 1.82) is 0 Å². The molecule has 4 heteroatoms. The Balaban J connectivity index is 1.87. The summed E-state index contributed by atoms with van der Waals surface area (Å²) in [4.78, 5) is 13.2. The van der Waals surface area contributed by atoms with Crippen LogP contribution in [0.1, 0.15) is 5.69 Å². The Hall–Kier alpha value is -3.01. The van der Waals surface area contributed by atoms with Crippen LogP contribution in [0.25, 0.3) is 33.6 Å². The SMILES string of the molecule is Cc1cccc(-c2ocnc2-c2ccc3ncccc3c2)n1. The quantitative estimate of drug-likeness (QED) is 0.552. The number of pyridine rings is 2. The van der Waals surface area contributed by atoms with E-state index >= 15 is 0 Å². The van der Waals surface area contributed by atoms with Gasteiger partial charge in [-0.25, -0.2) is 9.97 Å². The van der Waals surface area contributed by atoms with Gasteiger partial charge in [-0.2, -0.15) is 0 Å². The molecule has 0 bridgehead atoms. The lowest BCUT2D eigenvalue weighted by atomic mass is 10.1. The largest absolute Gasteiger partial charge is 0.441 e. The zero-order valence-corrected chi connectivity index (χ0v) is 12.0. The second-order valence-corrected chi connectivity index (χ2v) is 5.11. The van der Waals surface area contributed by atoms with E-state index in [2.05, 4.69) is 21.0 Å². The molecule has 0 N–H and O–H groups in total.